The Morgan fingerprint density at radius 3 is 1.75 bits per heavy atom. The minimum absolute atomic E-state index is 0.568. The number of rotatable bonds is 2. The Hall–Kier alpha value is -0.483. The largest absolute Gasteiger partial charge is 0.402 e. The molecule has 0 aromatic heterocycles. The van der Waals surface area contributed by atoms with Gasteiger partial charge in [0.25, 0.3) is 0 Å². The minimum Gasteiger partial charge on any atom is -0.402 e. The van der Waals surface area contributed by atoms with Crippen LogP contribution in [0.3, 0.4) is 0 Å². The Balaban J connectivity index is 0. The lowest BCUT2D eigenvalue weighted by Crippen LogP contribution is -1.93. The fraction of sp³-hybridized carbons (Fsp3) is 0.667. The van der Waals surface area contributed by atoms with Crippen molar-refractivity contribution in [2.75, 3.05) is 14.2 Å². The van der Waals surface area contributed by atoms with Crippen molar-refractivity contribution < 1.29 is 13.6 Å². The van der Waals surface area contributed by atoms with Gasteiger partial charge in [-0.15, -0.1) is 0 Å². The number of isocyanates is 1. The van der Waals surface area contributed by atoms with Crippen LogP contribution in [0.5, 0.6) is 0 Å². The first-order valence-corrected chi connectivity index (χ1v) is 3.00. The highest BCUT2D eigenvalue weighted by Gasteiger charge is 1.67. The van der Waals surface area contributed by atoms with Crippen molar-refractivity contribution in [3.05, 3.63) is 0 Å². The summed E-state index contributed by atoms with van der Waals surface area (Å²) in [6, 6.07) is 0. The highest BCUT2D eigenvalue weighted by molar-refractivity contribution is 6.17. The zero-order valence-corrected chi connectivity index (χ0v) is 6.35. The third-order valence-corrected chi connectivity index (χ3v) is 0.707. The van der Waals surface area contributed by atoms with Crippen molar-refractivity contribution >= 4 is 16.1 Å². The average Bonchev–Trinajstić information content (AvgIpc) is 1.71. The molecule has 5 heteroatoms. The van der Waals surface area contributed by atoms with Crippen molar-refractivity contribution in [2.45, 2.75) is 0 Å². The predicted molar refractivity (Wildman–Crippen MR) is 31.0 cm³/mol. The average molecular weight is 135 g/mol. The lowest BCUT2D eigenvalue weighted by atomic mass is 11.7. The van der Waals surface area contributed by atoms with Crippen LogP contribution in [0.15, 0.2) is 0 Å². The van der Waals surface area contributed by atoms with E-state index >= 15 is 0 Å². The highest BCUT2D eigenvalue weighted by Crippen LogP contribution is 1.55. The van der Waals surface area contributed by atoms with Crippen LogP contribution < -0.4 is 0 Å². The Morgan fingerprint density at radius 1 is 1.50 bits per heavy atom. The van der Waals surface area contributed by atoms with Gasteiger partial charge >= 0.3 is 10.0 Å². The molecule has 0 atom stereocenters. The first-order valence-electron chi connectivity index (χ1n) is 1.85. The molecule has 0 bridgehead atoms. The topological polar surface area (TPSA) is 59.4 Å². The van der Waals surface area contributed by atoms with Crippen molar-refractivity contribution in [3.8, 4) is 0 Å². The van der Waals surface area contributed by atoms with Crippen LogP contribution >= 0.6 is 0 Å². The predicted octanol–water partition coefficient (Wildman–Crippen LogP) is -0.821. The first-order chi connectivity index (χ1) is 3.83. The number of hydrogen-bond donors (Lipinski definition) is 1. The molecule has 0 rings (SSSR count). The fourth-order valence-electron chi connectivity index (χ4n) is 0.118. The summed E-state index contributed by atoms with van der Waals surface area (Å²) < 4.78 is 9.22. The third-order valence-electron chi connectivity index (χ3n) is 0.236. The first kappa shape index (κ1) is 10.5. The van der Waals surface area contributed by atoms with Gasteiger partial charge in [-0.2, -0.15) is 0 Å². The van der Waals surface area contributed by atoms with Crippen molar-refractivity contribution in [1.29, 1.82) is 5.41 Å². The number of carbonyl (C=O) groups excluding carboxylic acids is 1. The molecular weight excluding hydrogens is 126 g/mol. The van der Waals surface area contributed by atoms with E-state index in [4.69, 9.17) is 10.2 Å². The second-order valence-electron chi connectivity index (χ2n) is 0.797. The van der Waals surface area contributed by atoms with Crippen LogP contribution in [0.25, 0.3) is 0 Å². The summed E-state index contributed by atoms with van der Waals surface area (Å²) in [5, 5.41) is 5.40. The van der Waals surface area contributed by atoms with Gasteiger partial charge in [-0.3, -0.25) is 0 Å². The smallest absolute Gasteiger partial charge is 0.303 e. The van der Waals surface area contributed by atoms with Gasteiger partial charge < -0.3 is 8.85 Å². The molecule has 8 heavy (non-hydrogen) atoms. The maximum Gasteiger partial charge on any atom is 0.303 e. The fourth-order valence-corrected chi connectivity index (χ4v) is 0.354. The lowest BCUT2D eigenvalue weighted by molar-refractivity contribution is 0.309. The minimum atomic E-state index is -0.568. The summed E-state index contributed by atoms with van der Waals surface area (Å²) >= 11 is 0. The summed E-state index contributed by atoms with van der Waals surface area (Å²) in [4.78, 5) is 8.35. The maximum absolute atomic E-state index is 8.35. The molecule has 0 saturated heterocycles. The maximum atomic E-state index is 8.35. The van der Waals surface area contributed by atoms with Gasteiger partial charge in [-0.1, -0.05) is 0 Å². The second-order valence-corrected chi connectivity index (χ2v) is 2.19. The van der Waals surface area contributed by atoms with Crippen LogP contribution in [0.4, 0.5) is 0 Å². The van der Waals surface area contributed by atoms with E-state index in [0.29, 0.717) is 0 Å². The van der Waals surface area contributed by atoms with E-state index in [1.807, 2.05) is 0 Å². The molecule has 0 fully saturated rings. The summed E-state index contributed by atoms with van der Waals surface area (Å²) in [5.74, 6) is 0. The Morgan fingerprint density at radius 2 is 1.75 bits per heavy atom. The molecule has 0 aliphatic carbocycles. The summed E-state index contributed by atoms with van der Waals surface area (Å²) in [7, 11) is 2.73. The summed E-state index contributed by atoms with van der Waals surface area (Å²) in [6.07, 6.45) is 0.750. The molecule has 0 aromatic rings. The van der Waals surface area contributed by atoms with E-state index in [1.54, 1.807) is 14.2 Å². The van der Waals surface area contributed by atoms with Gasteiger partial charge in [0, 0.05) is 14.2 Å². The molecule has 48 valence electrons. The lowest BCUT2D eigenvalue weighted by Gasteiger charge is -1.86. The van der Waals surface area contributed by atoms with Crippen LogP contribution in [0.2, 0.25) is 0 Å². The Kier molecular flexibility index (Phi) is 21.0. The van der Waals surface area contributed by atoms with Crippen LogP contribution in [-0.4, -0.2) is 30.3 Å². The Bertz CT molecular complexity index is 59.5. The van der Waals surface area contributed by atoms with Gasteiger partial charge in [-0.05, 0) is 0 Å². The van der Waals surface area contributed by atoms with Gasteiger partial charge in [-0.25, -0.2) is 10.2 Å². The standard InChI is InChI=1S/C2H8O2Si.CHNO/c1-3-5-4-2;2-1-3/h5H2,1-2H3;2H. The van der Waals surface area contributed by atoms with Gasteiger partial charge in [0.1, 0.15) is 0 Å². The molecule has 0 aliphatic rings. The summed E-state index contributed by atoms with van der Waals surface area (Å²) in [6.45, 7) is 0. The van der Waals surface area contributed by atoms with E-state index in [2.05, 4.69) is 8.85 Å². The summed E-state index contributed by atoms with van der Waals surface area (Å²) in [5.41, 5.74) is 0. The quantitative estimate of drug-likeness (QED) is 0.306. The number of nitrogens with one attached hydrogen (secondary N) is 1. The molecule has 0 spiro atoms. The van der Waals surface area contributed by atoms with Gasteiger partial charge in [0.2, 0.25) is 6.08 Å². The molecule has 1 N–H and O–H groups in total. The molecule has 0 radical (unpaired) electrons. The number of hydrogen-bond acceptors (Lipinski definition) is 4. The van der Waals surface area contributed by atoms with E-state index < -0.39 is 10.0 Å². The van der Waals surface area contributed by atoms with Crippen molar-refractivity contribution in [3.63, 3.8) is 0 Å². The van der Waals surface area contributed by atoms with E-state index in [9.17, 15) is 0 Å². The van der Waals surface area contributed by atoms with Crippen molar-refractivity contribution in [2.24, 2.45) is 0 Å². The molecule has 4 nitrogen and oxygen atoms in total. The Labute approximate surface area is 50.4 Å². The highest BCUT2D eigenvalue weighted by atomic mass is 28.3. The molecule has 0 amide bonds. The molecule has 0 heterocycles. The normalized spacial score (nSPS) is 6.25. The molecule has 0 aliphatic heterocycles. The van der Waals surface area contributed by atoms with E-state index in [1.165, 1.54) is 0 Å². The van der Waals surface area contributed by atoms with Crippen LogP contribution in [0.1, 0.15) is 0 Å². The zero-order valence-electron chi connectivity index (χ0n) is 4.93. The van der Waals surface area contributed by atoms with Gasteiger partial charge in [0.15, 0.2) is 0 Å². The molecular formula is C3H9NO3Si. The van der Waals surface area contributed by atoms with Gasteiger partial charge in [0.05, 0.1) is 0 Å². The molecule has 0 aromatic carbocycles. The van der Waals surface area contributed by atoms with Crippen LogP contribution in [-0.2, 0) is 13.6 Å². The third kappa shape index (κ3) is 48.9. The molecule has 0 unspecified atom stereocenters. The van der Waals surface area contributed by atoms with Crippen LogP contribution in [0, 0.1) is 5.41 Å². The molecule has 0 saturated carbocycles. The van der Waals surface area contributed by atoms with E-state index in [-0.39, 0.29) is 0 Å². The zero-order chi connectivity index (χ0) is 6.83. The monoisotopic (exact) mass is 135 g/mol. The SMILES string of the molecule is CO[SiH2]OC.N=C=O. The second kappa shape index (κ2) is 16.0. The van der Waals surface area contributed by atoms with Crippen molar-refractivity contribution in [1.82, 2.24) is 0 Å². The van der Waals surface area contributed by atoms with E-state index in [0.717, 1.165) is 6.08 Å².